The zero-order chi connectivity index (χ0) is 48.6. The second-order valence-electron chi connectivity index (χ2n) is 13.4. The zero-order valence-electron chi connectivity index (χ0n) is 33.8. The summed E-state index contributed by atoms with van der Waals surface area (Å²) in [5, 5.41) is 96.0. The molecule has 0 fully saturated rings. The topological polar surface area (TPSA) is 399 Å². The van der Waals surface area contributed by atoms with Gasteiger partial charge in [-0.05, 0) is 72.1 Å². The van der Waals surface area contributed by atoms with E-state index >= 15 is 0 Å². The van der Waals surface area contributed by atoms with Crippen LogP contribution in [0, 0.1) is 0 Å². The van der Waals surface area contributed by atoms with Gasteiger partial charge in [0.05, 0.1) is 35.7 Å². The molecular formula is C40H32N8O18S. The molecule has 0 aromatic heterocycles. The Hall–Kier alpha value is -8.79. The summed E-state index contributed by atoms with van der Waals surface area (Å²) in [5.74, 6) is -8.00. The van der Waals surface area contributed by atoms with Gasteiger partial charge in [-0.2, -0.15) is 28.8 Å². The molecule has 26 nitrogen and oxygen atoms in total. The number of ether oxygens (including phenoxy) is 3. The van der Waals surface area contributed by atoms with Crippen LogP contribution in [0.3, 0.4) is 0 Å². The number of phenolic OH excluding ortho intramolecular Hbond substituents is 1. The number of carbonyl (C=O) groups is 5. The number of amides is 1. The monoisotopic (exact) mass is 944 g/mol. The van der Waals surface area contributed by atoms with Gasteiger partial charge in [-0.15, -0.1) is 20.5 Å². The minimum absolute atomic E-state index is 0.0343. The Balaban J connectivity index is 1.36. The number of hydrazone groups is 1. The number of carbonyl (C=O) groups excluding carboxylic acids is 1. The molecule has 0 saturated heterocycles. The smallest absolute Gasteiger partial charge is 0.355 e. The van der Waals surface area contributed by atoms with Crippen molar-refractivity contribution in [2.75, 3.05) is 38.0 Å². The third-order valence-electron chi connectivity index (χ3n) is 8.91. The van der Waals surface area contributed by atoms with Crippen molar-refractivity contribution < 1.29 is 86.9 Å². The van der Waals surface area contributed by atoms with Crippen molar-refractivity contribution in [3.8, 4) is 23.0 Å². The van der Waals surface area contributed by atoms with E-state index in [0.29, 0.717) is 5.01 Å². The minimum atomic E-state index is -5.21. The van der Waals surface area contributed by atoms with E-state index in [9.17, 15) is 62.5 Å². The molecule has 1 amide bonds. The molecule has 0 saturated carbocycles. The Morgan fingerprint density at radius 1 is 0.672 bits per heavy atom. The summed E-state index contributed by atoms with van der Waals surface area (Å²) >= 11 is 0. The molecule has 5 aromatic rings. The first-order valence-electron chi connectivity index (χ1n) is 18.8. The van der Waals surface area contributed by atoms with Crippen LogP contribution in [0.15, 0.2) is 120 Å². The lowest BCUT2D eigenvalue weighted by molar-refractivity contribution is -0.139. The summed E-state index contributed by atoms with van der Waals surface area (Å²) in [6.45, 7) is -2.57. The predicted octanol–water partition coefficient (Wildman–Crippen LogP) is 5.16. The van der Waals surface area contributed by atoms with E-state index in [1.807, 2.05) is 0 Å². The second-order valence-corrected chi connectivity index (χ2v) is 14.8. The molecule has 1 heterocycles. The SMILES string of the molecule is O=C(O)COc1cc(C(=O)O)ccc1/N=N/c1cc(OCCO)c(/N=N/c2c(S(=O)(=O)O)cc3cc(/N=N/C4C(=O)N(c5ccc(C(=O)O)cc5)N=C4C(=O)O)ccc3c2O)cc1OCCO. The Morgan fingerprint density at radius 2 is 1.25 bits per heavy atom. The number of aliphatic hydroxyl groups excluding tert-OH is 2. The molecular weight excluding hydrogens is 913 g/mol. The first-order valence-corrected chi connectivity index (χ1v) is 20.2. The molecule has 1 unspecified atom stereocenters. The number of phenols is 1. The van der Waals surface area contributed by atoms with Gasteiger partial charge in [0.2, 0.25) is 6.04 Å². The summed E-state index contributed by atoms with van der Waals surface area (Å²) in [6.07, 6.45) is 0. The first kappa shape index (κ1) is 47.7. The number of carboxylic acid groups (broad SMARTS) is 4. The van der Waals surface area contributed by atoms with Crippen LogP contribution in [0.2, 0.25) is 0 Å². The van der Waals surface area contributed by atoms with E-state index in [-0.39, 0.29) is 80.8 Å². The molecule has 8 N–H and O–H groups in total. The van der Waals surface area contributed by atoms with Gasteiger partial charge >= 0.3 is 23.9 Å². The third kappa shape index (κ3) is 11.1. The summed E-state index contributed by atoms with van der Waals surface area (Å²) in [7, 11) is -5.21. The Bertz CT molecular complexity index is 3050. The number of aromatic hydroxyl groups is 1. The number of nitrogens with zero attached hydrogens (tertiary/aromatic N) is 8. The molecule has 5 aromatic carbocycles. The Morgan fingerprint density at radius 3 is 1.82 bits per heavy atom. The van der Waals surface area contributed by atoms with Crippen LogP contribution in [0.1, 0.15) is 20.7 Å². The Labute approximate surface area is 374 Å². The highest BCUT2D eigenvalue weighted by Gasteiger charge is 2.41. The predicted molar refractivity (Wildman–Crippen MR) is 226 cm³/mol. The van der Waals surface area contributed by atoms with Crippen molar-refractivity contribution in [3.63, 3.8) is 0 Å². The molecule has 0 aliphatic carbocycles. The van der Waals surface area contributed by atoms with E-state index in [1.165, 1.54) is 54.6 Å². The first-order chi connectivity index (χ1) is 31.9. The van der Waals surface area contributed by atoms with E-state index < -0.39 is 87.8 Å². The highest BCUT2D eigenvalue weighted by Crippen LogP contribution is 2.45. The van der Waals surface area contributed by atoms with Crippen LogP contribution in [0.4, 0.5) is 34.1 Å². The molecule has 0 bridgehead atoms. The van der Waals surface area contributed by atoms with Crippen LogP contribution in [0.25, 0.3) is 10.8 Å². The summed E-state index contributed by atoms with van der Waals surface area (Å²) in [4.78, 5) is 58.2. The molecule has 0 spiro atoms. The average Bonchev–Trinajstić information content (AvgIpc) is 3.63. The highest BCUT2D eigenvalue weighted by atomic mass is 32.2. The lowest BCUT2D eigenvalue weighted by Crippen LogP contribution is -2.33. The number of azo groups is 3. The summed E-state index contributed by atoms with van der Waals surface area (Å²) in [6, 6.07) is 13.3. The normalized spacial score (nSPS) is 14.0. The molecule has 27 heteroatoms. The van der Waals surface area contributed by atoms with Gasteiger partial charge in [-0.1, -0.05) is 0 Å². The molecule has 1 atom stereocenters. The van der Waals surface area contributed by atoms with Crippen molar-refractivity contribution in [3.05, 3.63) is 90.0 Å². The average molecular weight is 945 g/mol. The van der Waals surface area contributed by atoms with Crippen LogP contribution in [-0.2, 0) is 24.5 Å². The van der Waals surface area contributed by atoms with Crippen LogP contribution in [0.5, 0.6) is 23.0 Å². The largest absolute Gasteiger partial charge is 0.505 e. The van der Waals surface area contributed by atoms with Crippen LogP contribution < -0.4 is 19.2 Å². The van der Waals surface area contributed by atoms with Crippen molar-refractivity contribution in [2.45, 2.75) is 10.9 Å². The van der Waals surface area contributed by atoms with Crippen LogP contribution >= 0.6 is 0 Å². The molecule has 0 radical (unpaired) electrons. The minimum Gasteiger partial charge on any atom is -0.505 e. The maximum atomic E-state index is 13.2. The van der Waals surface area contributed by atoms with Crippen molar-refractivity contribution >= 4 is 90.5 Å². The molecule has 346 valence electrons. The number of aliphatic carboxylic acids is 2. The van der Waals surface area contributed by atoms with Gasteiger partial charge in [-0.3, -0.25) is 9.35 Å². The van der Waals surface area contributed by atoms with Crippen molar-refractivity contribution in [1.82, 2.24) is 0 Å². The van der Waals surface area contributed by atoms with Crippen LogP contribution in [-0.4, -0.2) is 123 Å². The van der Waals surface area contributed by atoms with Gasteiger partial charge < -0.3 is 50.0 Å². The Kier molecular flexibility index (Phi) is 14.5. The fourth-order valence-corrected chi connectivity index (χ4v) is 6.55. The maximum absolute atomic E-state index is 13.2. The van der Waals surface area contributed by atoms with E-state index in [2.05, 4.69) is 35.8 Å². The van der Waals surface area contributed by atoms with Gasteiger partial charge in [0.1, 0.15) is 58.1 Å². The molecule has 1 aliphatic heterocycles. The maximum Gasteiger partial charge on any atom is 0.355 e. The fourth-order valence-electron chi connectivity index (χ4n) is 5.89. The quantitative estimate of drug-likeness (QED) is 0.0368. The number of aliphatic hydroxyl groups is 2. The molecule has 6 rings (SSSR count). The third-order valence-corrected chi connectivity index (χ3v) is 9.77. The van der Waals surface area contributed by atoms with Gasteiger partial charge in [-0.25, -0.2) is 19.2 Å². The van der Waals surface area contributed by atoms with Gasteiger partial charge in [0.15, 0.2) is 18.1 Å². The highest BCUT2D eigenvalue weighted by molar-refractivity contribution is 7.86. The summed E-state index contributed by atoms with van der Waals surface area (Å²) < 4.78 is 52.1. The molecule has 67 heavy (non-hydrogen) atoms. The number of carboxylic acids is 4. The summed E-state index contributed by atoms with van der Waals surface area (Å²) in [5.41, 5.74) is -2.45. The molecule has 1 aliphatic rings. The van der Waals surface area contributed by atoms with Crippen molar-refractivity contribution in [2.24, 2.45) is 35.8 Å². The van der Waals surface area contributed by atoms with E-state index in [0.717, 1.165) is 24.3 Å². The van der Waals surface area contributed by atoms with Crippen molar-refractivity contribution in [1.29, 1.82) is 0 Å². The zero-order valence-corrected chi connectivity index (χ0v) is 34.6. The fraction of sp³-hybridized carbons (Fsp3) is 0.150. The lowest BCUT2D eigenvalue weighted by Gasteiger charge is -2.13. The standard InChI is InChI=1S/C40H32N8O18S/c49-9-11-64-29-17-27(30(65-12-10-50)16-26(29)43-42-25-8-3-20(39(57)58)14-28(25)66-18-32(51)52)44-45-33-31(67(61,62)63)15-21-13-22(4-7-24(21)36(33)53)41-46-34-35(40(59)60)47-48(37(34)54)23-5-1-19(2-6-23)38(55)56/h1-8,13-17,34,49-50,53H,9-12,18H2,(H,51,52)(H,55,56)(H,57,58)(H,59,60)(H,61,62,63)/b43-42+,45-44+,46-41+. The van der Waals surface area contributed by atoms with Gasteiger partial charge in [0.25, 0.3) is 16.0 Å². The second kappa shape index (κ2) is 20.4. The number of rotatable bonds is 20. The number of benzene rings is 5. The van der Waals surface area contributed by atoms with Gasteiger partial charge in [0, 0.05) is 17.5 Å². The van der Waals surface area contributed by atoms with E-state index in [1.54, 1.807) is 0 Å². The number of hydrogen-bond donors (Lipinski definition) is 8. The lowest BCUT2D eigenvalue weighted by atomic mass is 10.1. The van der Waals surface area contributed by atoms with E-state index in [4.69, 9.17) is 24.4 Å². The number of anilines is 1. The number of aromatic carboxylic acids is 2. The number of hydrogen-bond acceptors (Lipinski definition) is 20. The number of fused-ring (bicyclic) bond motifs is 1.